The van der Waals surface area contributed by atoms with Crippen LogP contribution in [0.1, 0.15) is 311 Å². The van der Waals surface area contributed by atoms with Crippen molar-refractivity contribution in [2.24, 2.45) is 17.8 Å². The number of ether oxygens (including phenoxy) is 3. The number of hydrogen-bond donors (Lipinski definition) is 0. The van der Waals surface area contributed by atoms with Gasteiger partial charge in [0.1, 0.15) is 13.2 Å². The van der Waals surface area contributed by atoms with E-state index < -0.39 is 6.10 Å². The van der Waals surface area contributed by atoms with Crippen LogP contribution in [0.25, 0.3) is 0 Å². The lowest BCUT2D eigenvalue weighted by Crippen LogP contribution is -2.30. The van der Waals surface area contributed by atoms with Gasteiger partial charge in [-0.1, -0.05) is 273 Å². The normalized spacial score (nSPS) is 12.1. The van der Waals surface area contributed by atoms with Gasteiger partial charge in [-0.25, -0.2) is 0 Å². The smallest absolute Gasteiger partial charge is 0.306 e. The fraction of sp³-hybridized carbons (Fsp3) is 0.947. The van der Waals surface area contributed by atoms with E-state index in [0.717, 1.165) is 75.5 Å². The van der Waals surface area contributed by atoms with Gasteiger partial charge in [0.2, 0.25) is 0 Å². The average molecular weight is 892 g/mol. The third kappa shape index (κ3) is 51.3. The summed E-state index contributed by atoms with van der Waals surface area (Å²) in [5.74, 6) is 1.64. The van der Waals surface area contributed by atoms with Crippen LogP contribution < -0.4 is 0 Å². The Morgan fingerprint density at radius 2 is 0.460 bits per heavy atom. The van der Waals surface area contributed by atoms with E-state index >= 15 is 0 Å². The highest BCUT2D eigenvalue weighted by Crippen LogP contribution is 2.18. The average Bonchev–Trinajstić information content (AvgIpc) is 3.24. The number of esters is 3. The number of unbranched alkanes of at least 4 members (excludes halogenated alkanes) is 33. The van der Waals surface area contributed by atoms with Crippen LogP contribution >= 0.6 is 0 Å². The summed E-state index contributed by atoms with van der Waals surface area (Å²) in [7, 11) is 0. The monoisotopic (exact) mass is 891 g/mol. The fourth-order valence-electron chi connectivity index (χ4n) is 8.65. The molecule has 0 aliphatic heterocycles. The molecule has 0 radical (unpaired) electrons. The maximum absolute atomic E-state index is 12.8. The van der Waals surface area contributed by atoms with Gasteiger partial charge in [0.25, 0.3) is 0 Å². The molecule has 0 saturated carbocycles. The topological polar surface area (TPSA) is 78.9 Å². The van der Waals surface area contributed by atoms with Gasteiger partial charge in [0.05, 0.1) is 0 Å². The van der Waals surface area contributed by atoms with Crippen molar-refractivity contribution in [2.45, 2.75) is 317 Å². The van der Waals surface area contributed by atoms with Crippen molar-refractivity contribution < 1.29 is 28.6 Å². The highest BCUT2D eigenvalue weighted by atomic mass is 16.6. The Kier molecular flexibility index (Phi) is 47.1. The van der Waals surface area contributed by atoms with Crippen LogP contribution in [0.3, 0.4) is 0 Å². The first-order valence-corrected chi connectivity index (χ1v) is 28.1. The molecule has 0 rings (SSSR count). The minimum Gasteiger partial charge on any atom is -0.462 e. The molecule has 0 aromatic rings. The summed E-state index contributed by atoms with van der Waals surface area (Å²) >= 11 is 0. The summed E-state index contributed by atoms with van der Waals surface area (Å²) in [4.78, 5) is 38.1. The zero-order chi connectivity index (χ0) is 46.3. The van der Waals surface area contributed by atoms with Gasteiger partial charge in [-0.2, -0.15) is 0 Å². The molecular weight excluding hydrogens is 781 g/mol. The molecule has 1 atom stereocenters. The maximum Gasteiger partial charge on any atom is 0.306 e. The Bertz CT molecular complexity index is 976. The van der Waals surface area contributed by atoms with Crippen LogP contribution in [0.2, 0.25) is 0 Å². The SMILES string of the molecule is CC(C)CCCCCCCCCCCCCCCCCCC(=O)O[C@@H](COC(=O)CCCCCCCCCCCCCC(C)C)COC(=O)CCCCCCCCCCCC(C)C. The van der Waals surface area contributed by atoms with Crippen LogP contribution in [0.15, 0.2) is 0 Å². The van der Waals surface area contributed by atoms with Crippen molar-refractivity contribution in [2.75, 3.05) is 13.2 Å². The van der Waals surface area contributed by atoms with E-state index in [2.05, 4.69) is 41.5 Å². The molecule has 0 unspecified atom stereocenters. The molecule has 6 nitrogen and oxygen atoms in total. The van der Waals surface area contributed by atoms with Gasteiger partial charge in [0, 0.05) is 19.3 Å². The highest BCUT2D eigenvalue weighted by Gasteiger charge is 2.19. The number of hydrogen-bond acceptors (Lipinski definition) is 6. The molecule has 0 aromatic carbocycles. The second-order valence-corrected chi connectivity index (χ2v) is 21.0. The predicted molar refractivity (Wildman–Crippen MR) is 270 cm³/mol. The largest absolute Gasteiger partial charge is 0.462 e. The second kappa shape index (κ2) is 48.3. The lowest BCUT2D eigenvalue weighted by atomic mass is 10.0. The molecule has 0 spiro atoms. The summed E-state index contributed by atoms with van der Waals surface area (Å²) < 4.78 is 16.9. The van der Waals surface area contributed by atoms with Crippen molar-refractivity contribution in [1.82, 2.24) is 0 Å². The third-order valence-electron chi connectivity index (χ3n) is 12.9. The highest BCUT2D eigenvalue weighted by molar-refractivity contribution is 5.71. The summed E-state index contributed by atoms with van der Waals surface area (Å²) in [6.07, 6.45) is 49.5. The van der Waals surface area contributed by atoms with E-state index in [4.69, 9.17) is 14.2 Å². The zero-order valence-corrected chi connectivity index (χ0v) is 43.4. The molecule has 63 heavy (non-hydrogen) atoms. The standard InChI is InChI=1S/C57H110O6/c1-51(2)43-37-31-25-19-14-11-9-7-8-10-12-16-23-30-36-42-48-57(60)63-54(50-62-56(59)47-41-35-29-24-18-21-27-33-39-45-53(5)6)49-61-55(58)46-40-34-28-22-17-13-15-20-26-32-38-44-52(3)4/h51-54H,7-50H2,1-6H3/t54-/m0/s1. The number of carbonyl (C=O) groups excluding carboxylic acids is 3. The summed E-state index contributed by atoms with van der Waals surface area (Å²) in [5, 5.41) is 0. The van der Waals surface area contributed by atoms with Gasteiger partial charge in [0.15, 0.2) is 6.10 Å². The van der Waals surface area contributed by atoms with Gasteiger partial charge in [-0.15, -0.1) is 0 Å². The molecule has 374 valence electrons. The minimum atomic E-state index is -0.763. The van der Waals surface area contributed by atoms with Crippen LogP contribution in [-0.4, -0.2) is 37.2 Å². The van der Waals surface area contributed by atoms with Crippen LogP contribution in [-0.2, 0) is 28.6 Å². The quantitative estimate of drug-likeness (QED) is 0.0344. The fourth-order valence-corrected chi connectivity index (χ4v) is 8.65. The van der Waals surface area contributed by atoms with Crippen molar-refractivity contribution >= 4 is 17.9 Å². The molecule has 0 aliphatic rings. The third-order valence-corrected chi connectivity index (χ3v) is 12.9. The zero-order valence-electron chi connectivity index (χ0n) is 43.4. The summed E-state index contributed by atoms with van der Waals surface area (Å²) in [6.45, 7) is 13.7. The van der Waals surface area contributed by atoms with Crippen LogP contribution in [0.4, 0.5) is 0 Å². The van der Waals surface area contributed by atoms with E-state index in [1.807, 2.05) is 0 Å². The van der Waals surface area contributed by atoms with E-state index in [-0.39, 0.29) is 31.1 Å². The Labute approximate surface area is 393 Å². The van der Waals surface area contributed by atoms with Crippen molar-refractivity contribution in [1.29, 1.82) is 0 Å². The first-order chi connectivity index (χ1) is 30.6. The molecule has 0 fully saturated rings. The van der Waals surface area contributed by atoms with E-state index in [1.165, 1.54) is 193 Å². The lowest BCUT2D eigenvalue weighted by Gasteiger charge is -2.18. The number of rotatable bonds is 50. The van der Waals surface area contributed by atoms with Crippen molar-refractivity contribution in [3.63, 3.8) is 0 Å². The van der Waals surface area contributed by atoms with Crippen LogP contribution in [0, 0.1) is 17.8 Å². The van der Waals surface area contributed by atoms with Crippen molar-refractivity contribution in [3.8, 4) is 0 Å². The molecular formula is C57H110O6. The van der Waals surface area contributed by atoms with Gasteiger partial charge in [-0.05, 0) is 37.0 Å². The first-order valence-electron chi connectivity index (χ1n) is 28.1. The summed E-state index contributed by atoms with van der Waals surface area (Å²) in [5.41, 5.74) is 0. The number of carbonyl (C=O) groups is 3. The molecule has 0 aromatic heterocycles. The molecule has 0 bridgehead atoms. The Hall–Kier alpha value is -1.59. The van der Waals surface area contributed by atoms with E-state index in [0.29, 0.717) is 19.3 Å². The Balaban J connectivity index is 4.28. The molecule has 0 aliphatic carbocycles. The minimum absolute atomic E-state index is 0.0641. The Morgan fingerprint density at radius 1 is 0.270 bits per heavy atom. The maximum atomic E-state index is 12.8. The summed E-state index contributed by atoms with van der Waals surface area (Å²) in [6, 6.07) is 0. The lowest BCUT2D eigenvalue weighted by molar-refractivity contribution is -0.167. The van der Waals surface area contributed by atoms with E-state index in [1.54, 1.807) is 0 Å². The second-order valence-electron chi connectivity index (χ2n) is 21.0. The molecule has 0 N–H and O–H groups in total. The molecule has 6 heteroatoms. The van der Waals surface area contributed by atoms with Crippen molar-refractivity contribution in [3.05, 3.63) is 0 Å². The first kappa shape index (κ1) is 61.4. The van der Waals surface area contributed by atoms with Crippen LogP contribution in [0.5, 0.6) is 0 Å². The molecule has 0 amide bonds. The van der Waals surface area contributed by atoms with Gasteiger partial charge < -0.3 is 14.2 Å². The van der Waals surface area contributed by atoms with Gasteiger partial charge in [-0.3, -0.25) is 14.4 Å². The van der Waals surface area contributed by atoms with E-state index in [9.17, 15) is 14.4 Å². The molecule has 0 heterocycles. The molecule has 0 saturated heterocycles. The van der Waals surface area contributed by atoms with Gasteiger partial charge >= 0.3 is 17.9 Å². The predicted octanol–water partition coefficient (Wildman–Crippen LogP) is 18.3. The Morgan fingerprint density at radius 3 is 0.683 bits per heavy atom.